The molecule has 0 radical (unpaired) electrons. The Morgan fingerprint density at radius 3 is 2.60 bits per heavy atom. The first-order valence-electron chi connectivity index (χ1n) is 12.9. The highest BCUT2D eigenvalue weighted by molar-refractivity contribution is 7.46. The summed E-state index contributed by atoms with van der Waals surface area (Å²) in [4.78, 5) is 60.8. The number of aryl methyl sites for hydroxylation is 1. The van der Waals surface area contributed by atoms with Gasteiger partial charge in [0.05, 0.1) is 17.7 Å². The SMILES string of the molecule is CN(C(=O)CCc1cccc(F)c1Cl)[C@@H](CCC(=O)NCCOP(=O)(O)O)COC(=O)Nc1cc2ccccc2cn1. The normalized spacial score (nSPS) is 12.0. The first-order valence-corrected chi connectivity index (χ1v) is 14.8. The molecule has 2 aromatic carbocycles. The predicted molar refractivity (Wildman–Crippen MR) is 153 cm³/mol. The number of anilines is 1. The third kappa shape index (κ3) is 10.7. The van der Waals surface area contributed by atoms with Crippen LogP contribution in [0.15, 0.2) is 54.7 Å². The first kappa shape index (κ1) is 32.9. The molecule has 3 amide bonds. The topological polar surface area (TPSA) is 167 Å². The number of pyridine rings is 1. The lowest BCUT2D eigenvalue weighted by molar-refractivity contribution is -0.133. The summed E-state index contributed by atoms with van der Waals surface area (Å²) < 4.78 is 34.2. The number of carbonyl (C=O) groups is 3. The number of amides is 3. The Kier molecular flexibility index (Phi) is 12.2. The Hall–Kier alpha value is -3.61. The highest BCUT2D eigenvalue weighted by Crippen LogP contribution is 2.35. The van der Waals surface area contributed by atoms with E-state index in [1.54, 1.807) is 18.3 Å². The van der Waals surface area contributed by atoms with Crippen LogP contribution in [0.25, 0.3) is 10.8 Å². The average molecular weight is 625 g/mol. The minimum Gasteiger partial charge on any atom is -0.447 e. The van der Waals surface area contributed by atoms with Crippen LogP contribution in [0.2, 0.25) is 5.02 Å². The number of halogens is 2. The molecule has 0 unspecified atom stereocenters. The zero-order valence-electron chi connectivity index (χ0n) is 22.7. The van der Waals surface area contributed by atoms with Crippen LogP contribution in [0, 0.1) is 5.82 Å². The van der Waals surface area contributed by atoms with E-state index >= 15 is 0 Å². The molecule has 4 N–H and O–H groups in total. The van der Waals surface area contributed by atoms with Crippen LogP contribution in [0.4, 0.5) is 15.0 Å². The number of fused-ring (bicyclic) bond motifs is 1. The van der Waals surface area contributed by atoms with E-state index in [4.69, 9.17) is 26.1 Å². The van der Waals surface area contributed by atoms with Crippen molar-refractivity contribution in [2.75, 3.05) is 32.1 Å². The van der Waals surface area contributed by atoms with Gasteiger partial charge in [0, 0.05) is 38.0 Å². The lowest BCUT2D eigenvalue weighted by atomic mass is 10.1. The molecular formula is C27H31ClFN4O8P. The summed E-state index contributed by atoms with van der Waals surface area (Å²) in [5, 5.41) is 6.69. The van der Waals surface area contributed by atoms with E-state index < -0.39 is 38.3 Å². The molecule has 0 aliphatic heterocycles. The molecule has 1 heterocycles. The standard InChI is InChI=1S/C27H31ClFN4O8P/c1-33(25(35)12-9-18-7-4-8-22(29)26(18)28)21(10-11-24(34)30-13-14-41-42(37,38)39)17-40-27(36)32-23-15-19-5-2-3-6-20(19)16-31-23/h2-8,15-16,21H,9-14,17H2,1H3,(H,30,34)(H,31,32,36)(H2,37,38,39)/t21-/m0/s1. The molecule has 0 aliphatic carbocycles. The number of ether oxygens (including phenoxy) is 1. The van der Waals surface area contributed by atoms with Crippen molar-refractivity contribution in [2.24, 2.45) is 0 Å². The number of aromatic nitrogens is 1. The summed E-state index contributed by atoms with van der Waals surface area (Å²) >= 11 is 6.00. The van der Waals surface area contributed by atoms with Gasteiger partial charge in [0.25, 0.3) is 0 Å². The minimum atomic E-state index is -4.66. The lowest BCUT2D eigenvalue weighted by Gasteiger charge is -2.28. The highest BCUT2D eigenvalue weighted by atomic mass is 35.5. The van der Waals surface area contributed by atoms with Crippen LogP contribution in [-0.2, 0) is 29.8 Å². The Bertz CT molecular complexity index is 1460. The summed E-state index contributed by atoms with van der Waals surface area (Å²) in [5.74, 6) is -1.14. The van der Waals surface area contributed by atoms with Gasteiger partial charge in [-0.05, 0) is 35.9 Å². The molecule has 0 saturated carbocycles. The minimum absolute atomic E-state index is 0.0186. The lowest BCUT2D eigenvalue weighted by Crippen LogP contribution is -2.42. The highest BCUT2D eigenvalue weighted by Gasteiger charge is 2.23. The van der Waals surface area contributed by atoms with Crippen LogP contribution in [0.1, 0.15) is 24.8 Å². The van der Waals surface area contributed by atoms with Crippen molar-refractivity contribution in [3.63, 3.8) is 0 Å². The second-order valence-electron chi connectivity index (χ2n) is 9.22. The van der Waals surface area contributed by atoms with Gasteiger partial charge in [0.1, 0.15) is 18.2 Å². The molecule has 12 nitrogen and oxygen atoms in total. The van der Waals surface area contributed by atoms with Gasteiger partial charge >= 0.3 is 13.9 Å². The van der Waals surface area contributed by atoms with Crippen molar-refractivity contribution < 1.29 is 42.4 Å². The van der Waals surface area contributed by atoms with Crippen LogP contribution in [0.3, 0.4) is 0 Å². The number of carbonyl (C=O) groups excluding carboxylic acids is 3. The van der Waals surface area contributed by atoms with Gasteiger partial charge in [-0.15, -0.1) is 0 Å². The second-order valence-corrected chi connectivity index (χ2v) is 10.8. The number of hydrogen-bond acceptors (Lipinski definition) is 7. The summed E-state index contributed by atoms with van der Waals surface area (Å²) in [7, 11) is -3.16. The van der Waals surface area contributed by atoms with Gasteiger partial charge in [-0.3, -0.25) is 19.4 Å². The van der Waals surface area contributed by atoms with Gasteiger partial charge in [-0.25, -0.2) is 18.7 Å². The van der Waals surface area contributed by atoms with Crippen molar-refractivity contribution >= 4 is 53.9 Å². The third-order valence-electron chi connectivity index (χ3n) is 6.24. The number of phosphoric ester groups is 1. The fraction of sp³-hybridized carbons (Fsp3) is 0.333. The monoisotopic (exact) mass is 624 g/mol. The summed E-state index contributed by atoms with van der Waals surface area (Å²) in [6, 6.07) is 12.8. The quantitative estimate of drug-likeness (QED) is 0.153. The van der Waals surface area contributed by atoms with E-state index in [1.807, 2.05) is 24.3 Å². The Morgan fingerprint density at radius 1 is 1.12 bits per heavy atom. The van der Waals surface area contributed by atoms with E-state index in [0.717, 1.165) is 10.8 Å². The van der Waals surface area contributed by atoms with Gasteiger partial charge in [-0.1, -0.05) is 48.0 Å². The van der Waals surface area contributed by atoms with Gasteiger partial charge < -0.3 is 24.7 Å². The molecule has 226 valence electrons. The van der Waals surface area contributed by atoms with Crippen molar-refractivity contribution in [2.45, 2.75) is 31.7 Å². The van der Waals surface area contributed by atoms with E-state index in [9.17, 15) is 23.3 Å². The number of nitrogens with one attached hydrogen (secondary N) is 2. The summed E-state index contributed by atoms with van der Waals surface area (Å²) in [6.07, 6.45) is 0.945. The van der Waals surface area contributed by atoms with Crippen molar-refractivity contribution in [1.29, 1.82) is 0 Å². The van der Waals surface area contributed by atoms with Gasteiger partial charge in [0.15, 0.2) is 0 Å². The van der Waals surface area contributed by atoms with E-state index in [1.165, 1.54) is 24.1 Å². The molecule has 0 bridgehead atoms. The van der Waals surface area contributed by atoms with Crippen LogP contribution < -0.4 is 10.6 Å². The summed E-state index contributed by atoms with van der Waals surface area (Å²) in [5.41, 5.74) is 0.463. The average Bonchev–Trinajstić information content (AvgIpc) is 2.95. The molecule has 3 aromatic rings. The molecule has 1 atom stereocenters. The molecule has 0 spiro atoms. The maximum atomic E-state index is 13.8. The molecule has 1 aromatic heterocycles. The Labute approximate surface area is 246 Å². The van der Waals surface area contributed by atoms with Crippen molar-refractivity contribution in [3.05, 3.63) is 71.1 Å². The Balaban J connectivity index is 1.59. The number of phosphoric acid groups is 1. The largest absolute Gasteiger partial charge is 0.469 e. The van der Waals surface area contributed by atoms with E-state index in [0.29, 0.717) is 5.56 Å². The van der Waals surface area contributed by atoms with E-state index in [2.05, 4.69) is 20.1 Å². The molecule has 0 saturated heterocycles. The molecule has 0 aliphatic rings. The number of rotatable bonds is 14. The van der Waals surface area contributed by atoms with Crippen LogP contribution >= 0.6 is 19.4 Å². The third-order valence-corrected chi connectivity index (χ3v) is 7.18. The molecule has 0 fully saturated rings. The predicted octanol–water partition coefficient (Wildman–Crippen LogP) is 4.04. The molecule has 15 heteroatoms. The molecule has 3 rings (SSSR count). The zero-order chi connectivity index (χ0) is 30.7. The maximum absolute atomic E-state index is 13.8. The van der Waals surface area contributed by atoms with Crippen LogP contribution in [-0.4, -0.2) is 70.4 Å². The van der Waals surface area contributed by atoms with Gasteiger partial charge in [-0.2, -0.15) is 0 Å². The second kappa shape index (κ2) is 15.6. The maximum Gasteiger partial charge on any atom is 0.469 e. The van der Waals surface area contributed by atoms with Gasteiger partial charge in [0.2, 0.25) is 11.8 Å². The summed E-state index contributed by atoms with van der Waals surface area (Å²) in [6.45, 7) is -0.793. The van der Waals surface area contributed by atoms with E-state index in [-0.39, 0.29) is 55.6 Å². The number of benzene rings is 2. The van der Waals surface area contributed by atoms with Crippen LogP contribution in [0.5, 0.6) is 0 Å². The van der Waals surface area contributed by atoms with Crippen molar-refractivity contribution in [3.8, 4) is 0 Å². The first-order chi connectivity index (χ1) is 19.9. The number of hydrogen-bond donors (Lipinski definition) is 4. The number of nitrogens with zero attached hydrogens (tertiary/aromatic N) is 2. The fourth-order valence-electron chi connectivity index (χ4n) is 3.96. The molecule has 42 heavy (non-hydrogen) atoms. The van der Waals surface area contributed by atoms with Crippen molar-refractivity contribution in [1.82, 2.24) is 15.2 Å². The fourth-order valence-corrected chi connectivity index (χ4v) is 4.51. The zero-order valence-corrected chi connectivity index (χ0v) is 24.3. The molecular weight excluding hydrogens is 594 g/mol. The Morgan fingerprint density at radius 2 is 1.86 bits per heavy atom. The number of likely N-dealkylation sites (N-methyl/N-ethyl adjacent to an activating group) is 1. The smallest absolute Gasteiger partial charge is 0.447 e.